The van der Waals surface area contributed by atoms with Crippen LogP contribution in [0.15, 0.2) is 30.3 Å². The van der Waals surface area contributed by atoms with Crippen LogP contribution in [0.25, 0.3) is 0 Å². The van der Waals surface area contributed by atoms with E-state index in [9.17, 15) is 9.59 Å². The normalized spacial score (nSPS) is 18.8. The Balaban J connectivity index is 1.49. The topological polar surface area (TPSA) is 68.3 Å². The van der Waals surface area contributed by atoms with Gasteiger partial charge >= 0.3 is 0 Å². The first kappa shape index (κ1) is 15.9. The lowest BCUT2D eigenvalue weighted by Gasteiger charge is -2.29. The number of benzene rings is 1. The van der Waals surface area contributed by atoms with E-state index < -0.39 is 5.91 Å². The number of primary amides is 1. The highest BCUT2D eigenvalue weighted by molar-refractivity contribution is 5.91. The number of hydrogen-bond donors (Lipinski definition) is 1. The number of amides is 2. The predicted molar refractivity (Wildman–Crippen MR) is 95.2 cm³/mol. The molecule has 0 saturated heterocycles. The third-order valence-electron chi connectivity index (χ3n) is 5.72. The summed E-state index contributed by atoms with van der Waals surface area (Å²) < 4.78 is 1.84. The molecular formula is C20H23N3O2. The number of carbonyl (C=O) groups excluding carboxylic acids is 2. The lowest BCUT2D eigenvalue weighted by Crippen LogP contribution is -2.37. The van der Waals surface area contributed by atoms with E-state index in [1.807, 2.05) is 22.6 Å². The fourth-order valence-corrected chi connectivity index (χ4v) is 4.29. The third kappa shape index (κ3) is 2.73. The lowest BCUT2D eigenvalue weighted by atomic mass is 9.96. The fraction of sp³-hybridized carbons (Fsp3) is 0.400. The van der Waals surface area contributed by atoms with Gasteiger partial charge in [-0.25, -0.2) is 0 Å². The molecule has 1 aliphatic heterocycles. The number of fused-ring (bicyclic) bond motifs is 2. The Morgan fingerprint density at radius 1 is 1.20 bits per heavy atom. The average Bonchev–Trinajstić information content (AvgIpc) is 3.16. The fourth-order valence-electron chi connectivity index (χ4n) is 4.29. The minimum atomic E-state index is -0.419. The van der Waals surface area contributed by atoms with Gasteiger partial charge in [-0.05, 0) is 47.9 Å². The minimum absolute atomic E-state index is 0.203. The molecule has 0 unspecified atom stereocenters. The molecule has 0 spiro atoms. The zero-order valence-corrected chi connectivity index (χ0v) is 14.5. The second-order valence-electron chi connectivity index (χ2n) is 7.13. The van der Waals surface area contributed by atoms with Gasteiger partial charge in [-0.2, -0.15) is 0 Å². The van der Waals surface area contributed by atoms with Crippen LogP contribution in [0, 0.1) is 0 Å². The van der Waals surface area contributed by atoms with Crippen molar-refractivity contribution in [3.05, 3.63) is 58.4 Å². The molecular weight excluding hydrogens is 314 g/mol. The van der Waals surface area contributed by atoms with Crippen LogP contribution in [-0.4, -0.2) is 27.8 Å². The van der Waals surface area contributed by atoms with Crippen molar-refractivity contribution < 1.29 is 9.59 Å². The summed E-state index contributed by atoms with van der Waals surface area (Å²) in [5.74, 6) is 0.117. The SMILES string of the molecule is Cn1c(C(N)=O)cc2c1CN(C(=O)C[C@@H]1CCc3ccccc31)CC2. The van der Waals surface area contributed by atoms with Crippen LogP contribution in [-0.2, 0) is 31.2 Å². The molecule has 1 aromatic heterocycles. The summed E-state index contributed by atoms with van der Waals surface area (Å²) in [5.41, 5.74) is 10.8. The molecule has 0 bridgehead atoms. The first-order chi connectivity index (χ1) is 12.0. The third-order valence-corrected chi connectivity index (χ3v) is 5.72. The van der Waals surface area contributed by atoms with Crippen molar-refractivity contribution in [1.82, 2.24) is 9.47 Å². The van der Waals surface area contributed by atoms with Crippen LogP contribution in [0.2, 0.25) is 0 Å². The van der Waals surface area contributed by atoms with Crippen LogP contribution in [0.3, 0.4) is 0 Å². The average molecular weight is 337 g/mol. The summed E-state index contributed by atoms with van der Waals surface area (Å²) in [5, 5.41) is 0. The van der Waals surface area contributed by atoms with Crippen molar-refractivity contribution in [2.45, 2.75) is 38.1 Å². The lowest BCUT2D eigenvalue weighted by molar-refractivity contribution is -0.132. The quantitative estimate of drug-likeness (QED) is 0.932. The van der Waals surface area contributed by atoms with Crippen molar-refractivity contribution in [3.8, 4) is 0 Å². The molecule has 1 atom stereocenters. The zero-order chi connectivity index (χ0) is 17.6. The standard InChI is InChI=1S/C20H23N3O2/c1-22-17(20(21)25)10-15-8-9-23(12-18(15)22)19(24)11-14-7-6-13-4-2-3-5-16(13)14/h2-5,10,14H,6-9,11-12H2,1H3,(H2,21,25)/t14-/m0/s1. The molecule has 0 fully saturated rings. The molecule has 25 heavy (non-hydrogen) atoms. The van der Waals surface area contributed by atoms with E-state index in [2.05, 4.69) is 24.3 Å². The minimum Gasteiger partial charge on any atom is -0.364 e. The summed E-state index contributed by atoms with van der Waals surface area (Å²) in [7, 11) is 1.85. The molecule has 1 aromatic carbocycles. The van der Waals surface area contributed by atoms with E-state index in [0.29, 0.717) is 31.1 Å². The van der Waals surface area contributed by atoms with E-state index >= 15 is 0 Å². The molecule has 2 aromatic rings. The highest BCUT2D eigenvalue weighted by Crippen LogP contribution is 2.36. The van der Waals surface area contributed by atoms with Crippen molar-refractivity contribution in [3.63, 3.8) is 0 Å². The number of aromatic nitrogens is 1. The first-order valence-electron chi connectivity index (χ1n) is 8.87. The van der Waals surface area contributed by atoms with E-state index in [4.69, 9.17) is 5.73 Å². The van der Waals surface area contributed by atoms with Gasteiger partial charge in [-0.15, -0.1) is 0 Å². The van der Waals surface area contributed by atoms with Gasteiger partial charge in [-0.1, -0.05) is 24.3 Å². The zero-order valence-electron chi connectivity index (χ0n) is 14.5. The van der Waals surface area contributed by atoms with Gasteiger partial charge in [0.15, 0.2) is 0 Å². The number of hydrogen-bond acceptors (Lipinski definition) is 2. The van der Waals surface area contributed by atoms with Crippen LogP contribution in [0.1, 0.15) is 51.6 Å². The molecule has 0 radical (unpaired) electrons. The van der Waals surface area contributed by atoms with Crippen molar-refractivity contribution in [2.24, 2.45) is 12.8 Å². The highest BCUT2D eigenvalue weighted by atomic mass is 16.2. The predicted octanol–water partition coefficient (Wildman–Crippen LogP) is 2.13. The number of rotatable bonds is 3. The Bertz CT molecular complexity index is 853. The summed E-state index contributed by atoms with van der Waals surface area (Å²) in [6.07, 6.45) is 3.47. The van der Waals surface area contributed by atoms with Crippen molar-refractivity contribution in [2.75, 3.05) is 6.54 Å². The van der Waals surface area contributed by atoms with E-state index in [0.717, 1.165) is 30.5 Å². The molecule has 130 valence electrons. The number of carbonyl (C=O) groups is 2. The van der Waals surface area contributed by atoms with Gasteiger partial charge in [-0.3, -0.25) is 9.59 Å². The molecule has 0 saturated carbocycles. The summed E-state index contributed by atoms with van der Waals surface area (Å²) in [4.78, 5) is 26.3. The highest BCUT2D eigenvalue weighted by Gasteiger charge is 2.29. The van der Waals surface area contributed by atoms with Crippen molar-refractivity contribution >= 4 is 11.8 Å². The second kappa shape index (κ2) is 6.06. The van der Waals surface area contributed by atoms with Crippen molar-refractivity contribution in [1.29, 1.82) is 0 Å². The van der Waals surface area contributed by atoms with Crippen LogP contribution < -0.4 is 5.73 Å². The van der Waals surface area contributed by atoms with Crippen LogP contribution >= 0.6 is 0 Å². The maximum absolute atomic E-state index is 12.9. The van der Waals surface area contributed by atoms with E-state index in [-0.39, 0.29) is 5.91 Å². The second-order valence-corrected chi connectivity index (χ2v) is 7.13. The van der Waals surface area contributed by atoms with Gasteiger partial charge in [0.1, 0.15) is 5.69 Å². The van der Waals surface area contributed by atoms with Gasteiger partial charge in [0.25, 0.3) is 5.91 Å². The molecule has 5 heteroatoms. The Labute approximate surface area is 147 Å². The first-order valence-corrected chi connectivity index (χ1v) is 8.87. The molecule has 2 amide bonds. The molecule has 2 heterocycles. The number of nitrogens with zero attached hydrogens (tertiary/aromatic N) is 2. The Morgan fingerprint density at radius 3 is 2.80 bits per heavy atom. The van der Waals surface area contributed by atoms with Gasteiger partial charge in [0.05, 0.1) is 6.54 Å². The number of nitrogens with two attached hydrogens (primary N) is 1. The van der Waals surface area contributed by atoms with E-state index in [1.54, 1.807) is 0 Å². The summed E-state index contributed by atoms with van der Waals surface area (Å²) in [6.45, 7) is 1.27. The molecule has 4 rings (SSSR count). The summed E-state index contributed by atoms with van der Waals surface area (Å²) >= 11 is 0. The van der Waals surface area contributed by atoms with Crippen LogP contribution in [0.4, 0.5) is 0 Å². The Kier molecular flexibility index (Phi) is 3.86. The monoisotopic (exact) mass is 337 g/mol. The smallest absolute Gasteiger partial charge is 0.265 e. The van der Waals surface area contributed by atoms with Gasteiger partial charge in [0, 0.05) is 25.7 Å². The van der Waals surface area contributed by atoms with E-state index in [1.165, 1.54) is 11.1 Å². The molecule has 2 aliphatic rings. The van der Waals surface area contributed by atoms with Crippen LogP contribution in [0.5, 0.6) is 0 Å². The molecule has 2 N–H and O–H groups in total. The van der Waals surface area contributed by atoms with Gasteiger partial charge in [0.2, 0.25) is 5.91 Å². The maximum Gasteiger partial charge on any atom is 0.265 e. The summed E-state index contributed by atoms with van der Waals surface area (Å²) in [6, 6.07) is 10.3. The number of aryl methyl sites for hydroxylation is 1. The Morgan fingerprint density at radius 2 is 2.00 bits per heavy atom. The largest absolute Gasteiger partial charge is 0.364 e. The maximum atomic E-state index is 12.9. The van der Waals surface area contributed by atoms with Gasteiger partial charge < -0.3 is 15.2 Å². The Hall–Kier alpha value is -2.56. The molecule has 1 aliphatic carbocycles. The molecule has 5 nitrogen and oxygen atoms in total.